The number of hydrogen-bond acceptors (Lipinski definition) is 6. The molecule has 2 N–H and O–H groups in total. The van der Waals surface area contributed by atoms with E-state index < -0.39 is 0 Å². The van der Waals surface area contributed by atoms with Gasteiger partial charge in [-0.2, -0.15) is 0 Å². The van der Waals surface area contributed by atoms with Gasteiger partial charge >= 0.3 is 0 Å². The predicted octanol–water partition coefficient (Wildman–Crippen LogP) is 7.85. The molecule has 6 rings (SSSR count). The molecule has 6 aromatic rings. The molecule has 2 aromatic heterocycles. The summed E-state index contributed by atoms with van der Waals surface area (Å²) in [6, 6.07) is 27.0. The van der Waals surface area contributed by atoms with Crippen molar-refractivity contribution in [3.8, 4) is 45.3 Å². The summed E-state index contributed by atoms with van der Waals surface area (Å²) in [5, 5.41) is 22.3. The molecule has 0 aliphatic rings. The number of aromatic hydroxyl groups is 2. The van der Waals surface area contributed by atoms with Crippen LogP contribution >= 0.6 is 0 Å². The number of rotatable bonds is 4. The molecule has 0 bridgehead atoms. The second-order valence-electron chi connectivity index (χ2n) is 9.39. The topological polar surface area (TPSA) is 84.7 Å². The van der Waals surface area contributed by atoms with Gasteiger partial charge in [-0.05, 0) is 60.4 Å². The van der Waals surface area contributed by atoms with E-state index in [0.29, 0.717) is 11.1 Å². The number of ether oxygens (including phenoxy) is 2. The second kappa shape index (κ2) is 11.3. The third-order valence-corrected chi connectivity index (χ3v) is 6.92. The molecule has 200 valence electrons. The standard InChI is InChI=1S/C18H17NO2.C16H13NO2/c1-12-7-4-5-9-14(12)16-15(20-2)11-13-8-6-10-19-17(13)18(16)21-3;1-10-5-2-3-7-12(10)14-13(18)9-11-6-4-8-17-15(11)16(14)19/h4-11H,1-3H3;2-9,18-19H,1H3. The molecule has 0 amide bonds. The van der Waals surface area contributed by atoms with Gasteiger partial charge in [0.15, 0.2) is 11.5 Å². The molecule has 0 saturated carbocycles. The van der Waals surface area contributed by atoms with Gasteiger partial charge < -0.3 is 19.7 Å². The summed E-state index contributed by atoms with van der Waals surface area (Å²) in [4.78, 5) is 8.64. The van der Waals surface area contributed by atoms with Gasteiger partial charge in [0.1, 0.15) is 22.5 Å². The van der Waals surface area contributed by atoms with Crippen molar-refractivity contribution in [3.05, 3.63) is 108 Å². The number of phenolic OH excluding ortho intramolecular Hbond substituents is 2. The Morgan fingerprint density at radius 3 is 1.73 bits per heavy atom. The molecule has 0 saturated heterocycles. The van der Waals surface area contributed by atoms with Crippen LogP contribution in [0.5, 0.6) is 23.0 Å². The van der Waals surface area contributed by atoms with Gasteiger partial charge in [-0.25, -0.2) is 0 Å². The first kappa shape index (κ1) is 26.5. The van der Waals surface area contributed by atoms with Gasteiger partial charge in [0, 0.05) is 23.2 Å². The zero-order valence-electron chi connectivity index (χ0n) is 22.8. The molecule has 0 radical (unpaired) electrons. The van der Waals surface area contributed by atoms with Gasteiger partial charge in [0.25, 0.3) is 0 Å². The van der Waals surface area contributed by atoms with E-state index in [1.165, 1.54) is 5.56 Å². The molecular weight excluding hydrogens is 500 g/mol. The van der Waals surface area contributed by atoms with Crippen molar-refractivity contribution in [2.24, 2.45) is 0 Å². The predicted molar refractivity (Wildman–Crippen MR) is 160 cm³/mol. The van der Waals surface area contributed by atoms with E-state index in [1.807, 2.05) is 67.6 Å². The van der Waals surface area contributed by atoms with E-state index in [1.54, 1.807) is 38.7 Å². The summed E-state index contributed by atoms with van der Waals surface area (Å²) < 4.78 is 11.3. The molecule has 6 heteroatoms. The first-order valence-corrected chi connectivity index (χ1v) is 12.9. The van der Waals surface area contributed by atoms with Crippen molar-refractivity contribution in [2.75, 3.05) is 14.2 Å². The number of fused-ring (bicyclic) bond motifs is 2. The smallest absolute Gasteiger partial charge is 0.156 e. The summed E-state index contributed by atoms with van der Waals surface area (Å²) in [7, 11) is 3.35. The van der Waals surface area contributed by atoms with E-state index in [2.05, 4.69) is 29.0 Å². The van der Waals surface area contributed by atoms with Crippen molar-refractivity contribution < 1.29 is 19.7 Å². The van der Waals surface area contributed by atoms with Crippen LogP contribution in [0.1, 0.15) is 11.1 Å². The van der Waals surface area contributed by atoms with E-state index in [9.17, 15) is 10.2 Å². The Morgan fingerprint density at radius 1 is 0.600 bits per heavy atom. The molecule has 6 nitrogen and oxygen atoms in total. The highest BCUT2D eigenvalue weighted by molar-refractivity contribution is 5.97. The Bertz CT molecular complexity index is 1830. The maximum Gasteiger partial charge on any atom is 0.156 e. The largest absolute Gasteiger partial charge is 0.507 e. The molecule has 0 fully saturated rings. The highest BCUT2D eigenvalue weighted by atomic mass is 16.5. The average molecular weight is 531 g/mol. The summed E-state index contributed by atoms with van der Waals surface area (Å²) in [5.74, 6) is 1.62. The Balaban J connectivity index is 0.000000162. The summed E-state index contributed by atoms with van der Waals surface area (Å²) >= 11 is 0. The monoisotopic (exact) mass is 530 g/mol. The lowest BCUT2D eigenvalue weighted by Crippen LogP contribution is -1.97. The number of pyridine rings is 2. The van der Waals surface area contributed by atoms with Crippen LogP contribution in [0, 0.1) is 13.8 Å². The quantitative estimate of drug-likeness (QED) is 0.241. The fourth-order valence-electron chi connectivity index (χ4n) is 4.95. The number of methoxy groups -OCH3 is 2. The van der Waals surface area contributed by atoms with E-state index in [0.717, 1.165) is 50.0 Å². The SMILES string of the molecule is COc1cc2cccnc2c(OC)c1-c1ccccc1C.Cc1ccccc1-c1c(O)cc2cccnc2c1O. The number of benzene rings is 4. The molecule has 0 aliphatic heterocycles. The molecule has 0 atom stereocenters. The lowest BCUT2D eigenvalue weighted by atomic mass is 9.97. The summed E-state index contributed by atoms with van der Waals surface area (Å²) in [6.45, 7) is 4.02. The van der Waals surface area contributed by atoms with Crippen molar-refractivity contribution in [2.45, 2.75) is 13.8 Å². The van der Waals surface area contributed by atoms with Crippen LogP contribution in [0.3, 0.4) is 0 Å². The zero-order valence-corrected chi connectivity index (χ0v) is 22.8. The minimum atomic E-state index is 0.0184. The van der Waals surface area contributed by atoms with E-state index in [-0.39, 0.29) is 11.5 Å². The lowest BCUT2D eigenvalue weighted by molar-refractivity contribution is 0.400. The normalized spacial score (nSPS) is 10.7. The second-order valence-corrected chi connectivity index (χ2v) is 9.39. The van der Waals surface area contributed by atoms with Crippen molar-refractivity contribution in [1.29, 1.82) is 0 Å². The number of hydrogen-bond donors (Lipinski definition) is 2. The maximum atomic E-state index is 10.4. The lowest BCUT2D eigenvalue weighted by Gasteiger charge is -2.17. The van der Waals surface area contributed by atoms with Gasteiger partial charge in [-0.15, -0.1) is 0 Å². The third kappa shape index (κ3) is 4.87. The third-order valence-electron chi connectivity index (χ3n) is 6.92. The molecule has 0 unspecified atom stereocenters. The van der Waals surface area contributed by atoms with E-state index in [4.69, 9.17) is 9.47 Å². The fourth-order valence-corrected chi connectivity index (χ4v) is 4.95. The van der Waals surface area contributed by atoms with Crippen LogP contribution < -0.4 is 9.47 Å². The Kier molecular flexibility index (Phi) is 7.51. The first-order valence-electron chi connectivity index (χ1n) is 12.9. The minimum Gasteiger partial charge on any atom is -0.507 e. The van der Waals surface area contributed by atoms with Crippen LogP contribution in [0.2, 0.25) is 0 Å². The van der Waals surface area contributed by atoms with Gasteiger partial charge in [0.2, 0.25) is 0 Å². The Labute approximate surface area is 233 Å². The Hall–Kier alpha value is -5.10. The van der Waals surface area contributed by atoms with Crippen LogP contribution in [0.25, 0.3) is 44.1 Å². The van der Waals surface area contributed by atoms with Gasteiger partial charge in [-0.3, -0.25) is 9.97 Å². The maximum absolute atomic E-state index is 10.4. The van der Waals surface area contributed by atoms with Crippen LogP contribution in [0.4, 0.5) is 0 Å². The van der Waals surface area contributed by atoms with Crippen molar-refractivity contribution in [1.82, 2.24) is 9.97 Å². The number of nitrogens with zero attached hydrogens (tertiary/aromatic N) is 2. The fraction of sp³-hybridized carbons (Fsp3) is 0.118. The van der Waals surface area contributed by atoms with Crippen LogP contribution in [0.15, 0.2) is 97.3 Å². The number of phenols is 2. The zero-order chi connectivity index (χ0) is 28.2. The van der Waals surface area contributed by atoms with E-state index >= 15 is 0 Å². The van der Waals surface area contributed by atoms with Crippen molar-refractivity contribution >= 4 is 21.8 Å². The number of aromatic nitrogens is 2. The van der Waals surface area contributed by atoms with Gasteiger partial charge in [0.05, 0.1) is 25.3 Å². The number of aryl methyl sites for hydroxylation is 2. The van der Waals surface area contributed by atoms with Crippen molar-refractivity contribution in [3.63, 3.8) is 0 Å². The summed E-state index contributed by atoms with van der Waals surface area (Å²) in [6.07, 6.45) is 3.40. The minimum absolute atomic E-state index is 0.0184. The highest BCUT2D eigenvalue weighted by Gasteiger charge is 2.19. The molecule has 0 spiro atoms. The molecule has 0 aliphatic carbocycles. The van der Waals surface area contributed by atoms with Crippen LogP contribution in [-0.2, 0) is 0 Å². The first-order chi connectivity index (χ1) is 19.4. The van der Waals surface area contributed by atoms with Crippen LogP contribution in [-0.4, -0.2) is 34.4 Å². The molecular formula is C34H30N2O4. The summed E-state index contributed by atoms with van der Waals surface area (Å²) in [5.41, 5.74) is 6.79. The highest BCUT2D eigenvalue weighted by Crippen LogP contribution is 2.44. The molecule has 4 aromatic carbocycles. The Morgan fingerprint density at radius 2 is 1.15 bits per heavy atom. The molecule has 2 heterocycles. The van der Waals surface area contributed by atoms with Gasteiger partial charge in [-0.1, -0.05) is 60.7 Å². The average Bonchev–Trinajstić information content (AvgIpc) is 2.98. The molecule has 40 heavy (non-hydrogen) atoms.